The third-order valence-corrected chi connectivity index (χ3v) is 11.5. The van der Waals surface area contributed by atoms with E-state index in [9.17, 15) is 24.6 Å². The Kier molecular flexibility index (Phi) is 6.53. The number of allylic oxidation sites excluding steroid dienone is 2. The highest BCUT2D eigenvalue weighted by atomic mass is 16.4. The molecule has 2 saturated carbocycles. The fraction of sp³-hybridized carbons (Fsp3) is 0.767. The fourth-order valence-electron chi connectivity index (χ4n) is 8.95. The van der Waals surface area contributed by atoms with Crippen LogP contribution in [0.3, 0.4) is 0 Å². The molecule has 0 bridgehead atoms. The van der Waals surface area contributed by atoms with Crippen molar-refractivity contribution in [2.75, 3.05) is 0 Å². The van der Waals surface area contributed by atoms with Crippen LogP contribution in [-0.4, -0.2) is 45.1 Å². The zero-order valence-electron chi connectivity index (χ0n) is 23.0. The lowest BCUT2D eigenvalue weighted by atomic mass is 9.42. The maximum Gasteiger partial charge on any atom is 0.330 e. The number of Topliss-reactive ketones (excluding diaryl/α,β-unsaturated/α-hetero) is 2. The van der Waals surface area contributed by atoms with E-state index in [1.54, 1.807) is 13.0 Å². The molecule has 4 aliphatic carbocycles. The van der Waals surface area contributed by atoms with E-state index in [2.05, 4.69) is 20.8 Å². The largest absolute Gasteiger partial charge is 0.478 e. The molecular formula is C30H44O6. The number of carbonyl (C=O) groups excluding carboxylic acids is 2. The Balaban J connectivity index is 1.76. The first-order valence-electron chi connectivity index (χ1n) is 13.6. The minimum absolute atomic E-state index is 0.0196. The molecule has 0 aliphatic heterocycles. The lowest BCUT2D eigenvalue weighted by Crippen LogP contribution is -2.60. The van der Waals surface area contributed by atoms with Gasteiger partial charge in [-0.3, -0.25) is 9.59 Å². The van der Waals surface area contributed by atoms with Crippen molar-refractivity contribution < 1.29 is 29.7 Å². The van der Waals surface area contributed by atoms with Crippen molar-refractivity contribution in [1.82, 2.24) is 0 Å². The second kappa shape index (κ2) is 8.62. The molecule has 4 aliphatic rings. The summed E-state index contributed by atoms with van der Waals surface area (Å²) in [5.41, 5.74) is -0.762. The van der Waals surface area contributed by atoms with Crippen molar-refractivity contribution in [3.63, 3.8) is 0 Å². The average molecular weight is 501 g/mol. The van der Waals surface area contributed by atoms with E-state index in [0.717, 1.165) is 6.42 Å². The Labute approximate surface area is 215 Å². The zero-order chi connectivity index (χ0) is 27.0. The van der Waals surface area contributed by atoms with E-state index in [1.807, 2.05) is 20.8 Å². The van der Waals surface area contributed by atoms with Gasteiger partial charge in [-0.15, -0.1) is 0 Å². The Morgan fingerprint density at radius 2 is 1.78 bits per heavy atom. The molecule has 6 heteroatoms. The van der Waals surface area contributed by atoms with Gasteiger partial charge in [0.2, 0.25) is 0 Å². The molecule has 0 spiro atoms. The number of aliphatic hydroxyl groups is 2. The van der Waals surface area contributed by atoms with Gasteiger partial charge in [0.1, 0.15) is 5.78 Å². The molecule has 8 atom stereocenters. The Bertz CT molecular complexity index is 1050. The van der Waals surface area contributed by atoms with Crippen LogP contribution < -0.4 is 0 Å². The van der Waals surface area contributed by atoms with Gasteiger partial charge in [0.15, 0.2) is 5.78 Å². The van der Waals surface area contributed by atoms with Crippen molar-refractivity contribution in [3.05, 3.63) is 22.8 Å². The quantitative estimate of drug-likeness (QED) is 0.464. The van der Waals surface area contributed by atoms with Gasteiger partial charge in [-0.25, -0.2) is 4.79 Å². The van der Waals surface area contributed by atoms with Crippen LogP contribution in [0.1, 0.15) is 93.4 Å². The number of hydrogen-bond donors (Lipinski definition) is 3. The fourth-order valence-corrected chi connectivity index (χ4v) is 8.95. The van der Waals surface area contributed by atoms with Gasteiger partial charge in [0.25, 0.3) is 0 Å². The summed E-state index contributed by atoms with van der Waals surface area (Å²) in [5, 5.41) is 31.5. The zero-order valence-corrected chi connectivity index (χ0v) is 23.0. The molecule has 4 rings (SSSR count). The Morgan fingerprint density at radius 3 is 2.39 bits per heavy atom. The highest BCUT2D eigenvalue weighted by Crippen LogP contribution is 2.70. The number of aliphatic carboxylic acids is 1. The SMILES string of the molecule is C/C(=C/CC[C@@H](C)[C@H]1CC(=O)[C@@]2(C)C3=C(C(=O)C[C@]12C)[C@@]1(C)CC[C@H](O)C(C)(C)[C@@H]1C[C@@H]3O)C(=O)O. The standard InChI is InChI=1S/C30H44O6/c1-16(9-8-10-17(2)26(35)36)18-13-23(34)30(7)25-19(31)14-21-27(3,4)22(33)11-12-28(21,5)24(25)20(32)15-29(18,30)6/h10,16,18-19,21-22,31,33H,8-9,11-15H2,1-7H3,(H,35,36)/b17-10-/t16-,18-,19+,21+,22+,28+,29-,30+/m1/s1. The Morgan fingerprint density at radius 1 is 1.14 bits per heavy atom. The molecule has 0 saturated heterocycles. The summed E-state index contributed by atoms with van der Waals surface area (Å²) >= 11 is 0. The monoisotopic (exact) mass is 500 g/mol. The minimum atomic E-state index is -0.924. The first-order chi connectivity index (χ1) is 16.5. The maximum absolute atomic E-state index is 14.1. The molecule has 200 valence electrons. The second-order valence-corrected chi connectivity index (χ2v) is 13.5. The summed E-state index contributed by atoms with van der Waals surface area (Å²) < 4.78 is 0. The van der Waals surface area contributed by atoms with Crippen molar-refractivity contribution in [2.24, 2.45) is 39.4 Å². The third kappa shape index (κ3) is 3.53. The molecule has 3 N–H and O–H groups in total. The van der Waals surface area contributed by atoms with E-state index >= 15 is 0 Å². The molecule has 0 aromatic rings. The summed E-state index contributed by atoms with van der Waals surface area (Å²) in [6.07, 6.45) is 4.10. The third-order valence-electron chi connectivity index (χ3n) is 11.5. The second-order valence-electron chi connectivity index (χ2n) is 13.5. The summed E-state index contributed by atoms with van der Waals surface area (Å²) in [5.74, 6) is -0.704. The van der Waals surface area contributed by atoms with Gasteiger partial charge in [0, 0.05) is 24.0 Å². The van der Waals surface area contributed by atoms with Gasteiger partial charge >= 0.3 is 5.97 Å². The topological polar surface area (TPSA) is 112 Å². The van der Waals surface area contributed by atoms with Crippen molar-refractivity contribution >= 4 is 17.5 Å². The van der Waals surface area contributed by atoms with Gasteiger partial charge in [-0.1, -0.05) is 40.7 Å². The molecular weight excluding hydrogens is 456 g/mol. The van der Waals surface area contributed by atoms with E-state index in [4.69, 9.17) is 5.11 Å². The van der Waals surface area contributed by atoms with E-state index in [0.29, 0.717) is 48.8 Å². The van der Waals surface area contributed by atoms with Crippen LogP contribution in [0.25, 0.3) is 0 Å². The first kappa shape index (κ1) is 27.3. The molecule has 36 heavy (non-hydrogen) atoms. The van der Waals surface area contributed by atoms with Gasteiger partial charge < -0.3 is 15.3 Å². The highest BCUT2D eigenvalue weighted by Gasteiger charge is 2.70. The van der Waals surface area contributed by atoms with Crippen LogP contribution in [0.4, 0.5) is 0 Å². The minimum Gasteiger partial charge on any atom is -0.478 e. The summed E-state index contributed by atoms with van der Waals surface area (Å²) in [6.45, 7) is 13.9. The van der Waals surface area contributed by atoms with Gasteiger partial charge in [0.05, 0.1) is 17.6 Å². The van der Waals surface area contributed by atoms with Gasteiger partial charge in [-0.05, 0) is 85.5 Å². The predicted molar refractivity (Wildman–Crippen MR) is 137 cm³/mol. The maximum atomic E-state index is 14.1. The van der Waals surface area contributed by atoms with Crippen LogP contribution in [0.2, 0.25) is 0 Å². The lowest BCUT2D eigenvalue weighted by Gasteiger charge is -2.61. The van der Waals surface area contributed by atoms with Crippen LogP contribution in [0.5, 0.6) is 0 Å². The van der Waals surface area contributed by atoms with Gasteiger partial charge in [-0.2, -0.15) is 0 Å². The molecule has 0 radical (unpaired) electrons. The molecule has 0 heterocycles. The van der Waals surface area contributed by atoms with E-state index < -0.39 is 39.8 Å². The molecule has 0 aromatic carbocycles. The molecule has 0 aromatic heterocycles. The average Bonchev–Trinajstić information content (AvgIpc) is 2.99. The summed E-state index contributed by atoms with van der Waals surface area (Å²) in [6, 6.07) is 0. The van der Waals surface area contributed by atoms with E-state index in [1.165, 1.54) is 0 Å². The van der Waals surface area contributed by atoms with Crippen LogP contribution in [-0.2, 0) is 14.4 Å². The number of carboxylic acid groups (broad SMARTS) is 1. The molecule has 0 unspecified atom stereocenters. The molecule has 6 nitrogen and oxygen atoms in total. The lowest BCUT2D eigenvalue weighted by molar-refractivity contribution is -0.142. The summed E-state index contributed by atoms with van der Waals surface area (Å²) in [4.78, 5) is 39.1. The first-order valence-corrected chi connectivity index (χ1v) is 13.6. The van der Waals surface area contributed by atoms with Crippen molar-refractivity contribution in [2.45, 2.75) is 106 Å². The number of ketones is 2. The molecule has 0 amide bonds. The van der Waals surface area contributed by atoms with Crippen LogP contribution in [0.15, 0.2) is 22.8 Å². The number of hydrogen-bond acceptors (Lipinski definition) is 5. The van der Waals surface area contributed by atoms with Crippen molar-refractivity contribution in [3.8, 4) is 0 Å². The number of carboxylic acids is 1. The summed E-state index contributed by atoms with van der Waals surface area (Å²) in [7, 11) is 0. The number of fused-ring (bicyclic) bond motifs is 4. The van der Waals surface area contributed by atoms with Crippen molar-refractivity contribution in [1.29, 1.82) is 0 Å². The highest BCUT2D eigenvalue weighted by molar-refractivity contribution is 6.05. The van der Waals surface area contributed by atoms with Crippen LogP contribution >= 0.6 is 0 Å². The van der Waals surface area contributed by atoms with Crippen LogP contribution in [0, 0.1) is 39.4 Å². The smallest absolute Gasteiger partial charge is 0.330 e. The number of aliphatic hydroxyl groups excluding tert-OH is 2. The number of rotatable bonds is 5. The Hall–Kier alpha value is -1.79. The molecule has 2 fully saturated rings. The van der Waals surface area contributed by atoms with E-state index in [-0.39, 0.29) is 35.7 Å². The predicted octanol–water partition coefficient (Wildman–Crippen LogP) is 4.87. The number of carbonyl (C=O) groups is 3. The normalized spacial score (nSPS) is 43.1.